The zero-order valence-electron chi connectivity index (χ0n) is 14.3. The lowest BCUT2D eigenvalue weighted by Crippen LogP contribution is -2.47. The van der Waals surface area contributed by atoms with Gasteiger partial charge in [-0.1, -0.05) is 44.0 Å². The van der Waals surface area contributed by atoms with Gasteiger partial charge < -0.3 is 9.64 Å². The van der Waals surface area contributed by atoms with E-state index in [4.69, 9.17) is 16.3 Å². The first-order valence-electron chi connectivity index (χ1n) is 8.57. The van der Waals surface area contributed by atoms with E-state index in [0.29, 0.717) is 11.3 Å². The summed E-state index contributed by atoms with van der Waals surface area (Å²) in [5.74, 6) is 0.582. The molecule has 124 valence electrons. The minimum atomic E-state index is 0.340. The molecule has 1 aliphatic carbocycles. The largest absolute Gasteiger partial charge is 0.384 e. The molecule has 0 heterocycles. The van der Waals surface area contributed by atoms with Crippen LogP contribution in [0.25, 0.3) is 0 Å². The summed E-state index contributed by atoms with van der Waals surface area (Å²) in [6, 6.07) is 8.53. The fraction of sp³-hybridized carbons (Fsp3) is 0.684. The SMILES string of the molecule is CCCN(CC(C)COC)CC1(c2ccc(Cl)cc2)CCC1. The van der Waals surface area contributed by atoms with Crippen molar-refractivity contribution in [1.82, 2.24) is 4.90 Å². The standard InChI is InChI=1S/C19H30ClNO/c1-4-12-21(13-16(2)14-22-3)15-19(10-5-11-19)17-6-8-18(20)9-7-17/h6-9,16H,4-5,10-15H2,1-3H3. The van der Waals surface area contributed by atoms with Crippen molar-refractivity contribution in [2.75, 3.05) is 33.4 Å². The smallest absolute Gasteiger partial charge is 0.0500 e. The highest BCUT2D eigenvalue weighted by Gasteiger charge is 2.39. The van der Waals surface area contributed by atoms with E-state index in [1.807, 2.05) is 12.1 Å². The van der Waals surface area contributed by atoms with Gasteiger partial charge in [0.1, 0.15) is 0 Å². The highest BCUT2D eigenvalue weighted by Crippen LogP contribution is 2.44. The predicted molar refractivity (Wildman–Crippen MR) is 94.8 cm³/mol. The third-order valence-electron chi connectivity index (χ3n) is 4.85. The summed E-state index contributed by atoms with van der Waals surface area (Å²) in [5.41, 5.74) is 1.80. The fourth-order valence-electron chi connectivity index (χ4n) is 3.70. The van der Waals surface area contributed by atoms with Crippen LogP contribution in [0.5, 0.6) is 0 Å². The Morgan fingerprint density at radius 2 is 1.95 bits per heavy atom. The average molecular weight is 324 g/mol. The lowest BCUT2D eigenvalue weighted by Gasteiger charge is -2.46. The zero-order valence-corrected chi connectivity index (χ0v) is 15.0. The van der Waals surface area contributed by atoms with Crippen LogP contribution in [0.3, 0.4) is 0 Å². The maximum atomic E-state index is 6.06. The Morgan fingerprint density at radius 1 is 1.27 bits per heavy atom. The van der Waals surface area contributed by atoms with Crippen molar-refractivity contribution in [1.29, 1.82) is 0 Å². The van der Waals surface area contributed by atoms with E-state index in [0.717, 1.165) is 24.7 Å². The van der Waals surface area contributed by atoms with E-state index in [1.165, 1.54) is 37.8 Å². The molecule has 1 unspecified atom stereocenters. The van der Waals surface area contributed by atoms with Gasteiger partial charge in [0.2, 0.25) is 0 Å². The molecule has 1 aliphatic rings. The van der Waals surface area contributed by atoms with E-state index >= 15 is 0 Å². The van der Waals surface area contributed by atoms with E-state index in [2.05, 4.69) is 30.9 Å². The Bertz CT molecular complexity index is 441. The third-order valence-corrected chi connectivity index (χ3v) is 5.11. The number of benzene rings is 1. The van der Waals surface area contributed by atoms with Crippen LogP contribution >= 0.6 is 11.6 Å². The normalized spacial score (nSPS) is 18.2. The summed E-state index contributed by atoms with van der Waals surface area (Å²) in [5, 5.41) is 0.831. The van der Waals surface area contributed by atoms with Crippen LogP contribution in [0.2, 0.25) is 5.02 Å². The molecule has 0 aliphatic heterocycles. The van der Waals surface area contributed by atoms with Crippen LogP contribution in [0.1, 0.15) is 45.1 Å². The van der Waals surface area contributed by atoms with Crippen LogP contribution in [-0.4, -0.2) is 38.3 Å². The first-order chi connectivity index (χ1) is 10.6. The van der Waals surface area contributed by atoms with Crippen molar-refractivity contribution < 1.29 is 4.74 Å². The number of ether oxygens (including phenoxy) is 1. The topological polar surface area (TPSA) is 12.5 Å². The summed E-state index contributed by atoms with van der Waals surface area (Å²) in [6.07, 6.45) is 5.15. The number of hydrogen-bond donors (Lipinski definition) is 0. The lowest BCUT2D eigenvalue weighted by molar-refractivity contribution is 0.0958. The molecule has 0 amide bonds. The summed E-state index contributed by atoms with van der Waals surface area (Å²) in [4.78, 5) is 2.64. The minimum Gasteiger partial charge on any atom is -0.384 e. The Labute approximate surface area is 140 Å². The van der Waals surface area contributed by atoms with Gasteiger partial charge in [0.15, 0.2) is 0 Å². The van der Waals surface area contributed by atoms with Gasteiger partial charge in [-0.15, -0.1) is 0 Å². The van der Waals surface area contributed by atoms with Crippen molar-refractivity contribution in [3.8, 4) is 0 Å². The second kappa shape index (κ2) is 8.33. The van der Waals surface area contributed by atoms with Crippen molar-refractivity contribution in [2.45, 2.75) is 44.9 Å². The second-order valence-corrected chi connectivity index (χ2v) is 7.37. The van der Waals surface area contributed by atoms with Crippen LogP contribution in [-0.2, 0) is 10.2 Å². The highest BCUT2D eigenvalue weighted by molar-refractivity contribution is 6.30. The summed E-state index contributed by atoms with van der Waals surface area (Å²) in [7, 11) is 1.79. The first-order valence-corrected chi connectivity index (χ1v) is 8.95. The molecule has 1 aromatic rings. The maximum Gasteiger partial charge on any atom is 0.0500 e. The minimum absolute atomic E-state index is 0.340. The Balaban J connectivity index is 2.06. The molecule has 0 saturated heterocycles. The van der Waals surface area contributed by atoms with Crippen molar-refractivity contribution in [2.24, 2.45) is 5.92 Å². The molecule has 0 N–H and O–H groups in total. The molecule has 1 saturated carbocycles. The van der Waals surface area contributed by atoms with E-state index in [-0.39, 0.29) is 0 Å². The maximum absolute atomic E-state index is 6.06. The van der Waals surface area contributed by atoms with Crippen molar-refractivity contribution >= 4 is 11.6 Å². The molecular formula is C19H30ClNO. The first kappa shape index (κ1) is 17.8. The van der Waals surface area contributed by atoms with Crippen LogP contribution in [0.15, 0.2) is 24.3 Å². The van der Waals surface area contributed by atoms with Crippen LogP contribution in [0, 0.1) is 5.92 Å². The molecule has 0 radical (unpaired) electrons. The predicted octanol–water partition coefficient (Wildman–Crippen LogP) is 4.76. The Kier molecular flexibility index (Phi) is 6.73. The molecule has 0 aromatic heterocycles. The van der Waals surface area contributed by atoms with Gasteiger partial charge in [-0.05, 0) is 49.4 Å². The van der Waals surface area contributed by atoms with Crippen LogP contribution < -0.4 is 0 Å². The van der Waals surface area contributed by atoms with Gasteiger partial charge in [0, 0.05) is 37.2 Å². The summed E-state index contributed by atoms with van der Waals surface area (Å²) < 4.78 is 5.31. The molecule has 0 bridgehead atoms. The van der Waals surface area contributed by atoms with Crippen LogP contribution in [0.4, 0.5) is 0 Å². The number of methoxy groups -OCH3 is 1. The Morgan fingerprint density at radius 3 is 2.45 bits per heavy atom. The number of hydrogen-bond acceptors (Lipinski definition) is 2. The van der Waals surface area contributed by atoms with Gasteiger partial charge in [-0.2, -0.15) is 0 Å². The second-order valence-electron chi connectivity index (χ2n) is 6.94. The third kappa shape index (κ3) is 4.47. The summed E-state index contributed by atoms with van der Waals surface area (Å²) >= 11 is 6.06. The lowest BCUT2D eigenvalue weighted by atomic mass is 9.64. The van der Waals surface area contributed by atoms with Crippen molar-refractivity contribution in [3.63, 3.8) is 0 Å². The molecule has 3 heteroatoms. The molecule has 2 rings (SSSR count). The highest BCUT2D eigenvalue weighted by atomic mass is 35.5. The van der Waals surface area contributed by atoms with E-state index in [9.17, 15) is 0 Å². The molecule has 2 nitrogen and oxygen atoms in total. The van der Waals surface area contributed by atoms with Gasteiger partial charge in [0.05, 0.1) is 0 Å². The van der Waals surface area contributed by atoms with Gasteiger partial charge in [-0.3, -0.25) is 0 Å². The molecule has 1 atom stereocenters. The van der Waals surface area contributed by atoms with E-state index in [1.54, 1.807) is 7.11 Å². The molecular weight excluding hydrogens is 294 g/mol. The average Bonchev–Trinajstić information content (AvgIpc) is 2.44. The Hall–Kier alpha value is -0.570. The van der Waals surface area contributed by atoms with E-state index < -0.39 is 0 Å². The fourth-order valence-corrected chi connectivity index (χ4v) is 3.83. The summed E-state index contributed by atoms with van der Waals surface area (Å²) in [6.45, 7) is 8.84. The molecule has 1 aromatic carbocycles. The number of halogens is 1. The van der Waals surface area contributed by atoms with Gasteiger partial charge in [-0.25, -0.2) is 0 Å². The monoisotopic (exact) mass is 323 g/mol. The quantitative estimate of drug-likeness (QED) is 0.650. The van der Waals surface area contributed by atoms with Gasteiger partial charge in [0.25, 0.3) is 0 Å². The molecule has 0 spiro atoms. The van der Waals surface area contributed by atoms with Crippen molar-refractivity contribution in [3.05, 3.63) is 34.9 Å². The molecule has 1 fully saturated rings. The van der Waals surface area contributed by atoms with Gasteiger partial charge >= 0.3 is 0 Å². The zero-order chi connectivity index (χ0) is 16.0. The molecule has 22 heavy (non-hydrogen) atoms. The number of nitrogens with zero attached hydrogens (tertiary/aromatic N) is 1. The number of rotatable bonds is 9.